The lowest BCUT2D eigenvalue weighted by Crippen LogP contribution is -2.21. The Hall–Kier alpha value is -1.23. The van der Waals surface area contributed by atoms with E-state index in [1.807, 2.05) is 0 Å². The molecule has 0 spiro atoms. The summed E-state index contributed by atoms with van der Waals surface area (Å²) in [6.45, 7) is 0.368. The molecule has 2 N–H and O–H groups in total. The second-order valence-corrected chi connectivity index (χ2v) is 5.03. The Morgan fingerprint density at radius 1 is 1.41 bits per heavy atom. The first-order valence-corrected chi connectivity index (χ1v) is 5.78. The van der Waals surface area contributed by atoms with Gasteiger partial charge in [-0.2, -0.15) is 0 Å². The minimum atomic E-state index is -0.684. The highest BCUT2D eigenvalue weighted by Gasteiger charge is 2.44. The van der Waals surface area contributed by atoms with Crippen LogP contribution in [0.2, 0.25) is 0 Å². The lowest BCUT2D eigenvalue weighted by molar-refractivity contribution is 0.229. The van der Waals surface area contributed by atoms with E-state index in [0.29, 0.717) is 18.0 Å². The first kappa shape index (κ1) is 12.2. The highest BCUT2D eigenvalue weighted by molar-refractivity contribution is 7.80. The third kappa shape index (κ3) is 3.12. The summed E-state index contributed by atoms with van der Waals surface area (Å²) in [5, 5.41) is 0. The van der Waals surface area contributed by atoms with E-state index in [2.05, 4.69) is 0 Å². The van der Waals surface area contributed by atoms with E-state index in [0.717, 1.165) is 18.9 Å². The van der Waals surface area contributed by atoms with Crippen LogP contribution < -0.4 is 10.5 Å². The Kier molecular flexibility index (Phi) is 3.28. The van der Waals surface area contributed by atoms with Gasteiger partial charge in [0.2, 0.25) is 0 Å². The van der Waals surface area contributed by atoms with Gasteiger partial charge in [0.25, 0.3) is 0 Å². The number of hydrogen-bond donors (Lipinski definition) is 1. The van der Waals surface area contributed by atoms with E-state index in [1.54, 1.807) is 0 Å². The molecule has 1 aliphatic carbocycles. The van der Waals surface area contributed by atoms with Gasteiger partial charge in [-0.25, -0.2) is 8.78 Å². The molecule has 2 nitrogen and oxygen atoms in total. The van der Waals surface area contributed by atoms with Gasteiger partial charge >= 0.3 is 0 Å². The van der Waals surface area contributed by atoms with E-state index in [1.165, 1.54) is 12.1 Å². The quantitative estimate of drug-likeness (QED) is 0.824. The van der Waals surface area contributed by atoms with Crippen molar-refractivity contribution in [2.45, 2.75) is 19.3 Å². The maximum atomic E-state index is 13.3. The first-order valence-electron chi connectivity index (χ1n) is 5.37. The summed E-state index contributed by atoms with van der Waals surface area (Å²) < 4.78 is 31.3. The average molecular weight is 257 g/mol. The van der Waals surface area contributed by atoms with Crippen LogP contribution in [-0.2, 0) is 0 Å². The van der Waals surface area contributed by atoms with Crippen LogP contribution in [0.3, 0.4) is 0 Å². The van der Waals surface area contributed by atoms with E-state index in [4.69, 9.17) is 22.7 Å². The molecule has 0 amide bonds. The first-order chi connectivity index (χ1) is 8.01. The molecule has 0 unspecified atom stereocenters. The molecule has 0 aliphatic heterocycles. The van der Waals surface area contributed by atoms with Crippen LogP contribution >= 0.6 is 12.2 Å². The van der Waals surface area contributed by atoms with E-state index in [-0.39, 0.29) is 11.2 Å². The maximum Gasteiger partial charge on any atom is 0.167 e. The highest BCUT2D eigenvalue weighted by atomic mass is 32.1. The SMILES string of the molecule is NC(=S)CC1(COc2ccc(F)cc2F)CC1. The van der Waals surface area contributed by atoms with Crippen LogP contribution in [0.15, 0.2) is 18.2 Å². The van der Waals surface area contributed by atoms with Gasteiger partial charge in [-0.05, 0) is 25.0 Å². The zero-order valence-corrected chi connectivity index (χ0v) is 10.0. The van der Waals surface area contributed by atoms with Gasteiger partial charge in [-0.15, -0.1) is 0 Å². The number of benzene rings is 1. The Bertz CT molecular complexity index is 446. The Balaban J connectivity index is 1.96. The Labute approximate surface area is 104 Å². The van der Waals surface area contributed by atoms with Gasteiger partial charge in [0, 0.05) is 17.9 Å². The summed E-state index contributed by atoms with van der Waals surface area (Å²) in [5.74, 6) is -1.23. The van der Waals surface area contributed by atoms with Gasteiger partial charge in [0.15, 0.2) is 11.6 Å². The molecule has 0 radical (unpaired) electrons. The van der Waals surface area contributed by atoms with Crippen molar-refractivity contribution < 1.29 is 13.5 Å². The molecule has 0 aromatic heterocycles. The summed E-state index contributed by atoms with van der Waals surface area (Å²) in [6, 6.07) is 3.27. The Morgan fingerprint density at radius 2 is 2.12 bits per heavy atom. The summed E-state index contributed by atoms with van der Waals surface area (Å²) in [7, 11) is 0. The smallest absolute Gasteiger partial charge is 0.167 e. The monoisotopic (exact) mass is 257 g/mol. The molecule has 0 heterocycles. The number of ether oxygens (including phenoxy) is 1. The third-order valence-corrected chi connectivity index (χ3v) is 3.08. The fourth-order valence-electron chi connectivity index (χ4n) is 1.74. The van der Waals surface area contributed by atoms with Crippen LogP contribution in [0.25, 0.3) is 0 Å². The predicted octanol–water partition coefficient (Wildman–Crippen LogP) is 2.80. The van der Waals surface area contributed by atoms with Crippen molar-refractivity contribution in [1.82, 2.24) is 0 Å². The van der Waals surface area contributed by atoms with Gasteiger partial charge in [-0.1, -0.05) is 12.2 Å². The molecule has 17 heavy (non-hydrogen) atoms. The predicted molar refractivity (Wildman–Crippen MR) is 64.9 cm³/mol. The standard InChI is InChI=1S/C12H13F2NOS/c13-8-1-2-10(9(14)5-8)16-7-12(3-4-12)6-11(15)17/h1-2,5H,3-4,6-7H2,(H2,15,17). The summed E-state index contributed by atoms with van der Waals surface area (Å²) in [4.78, 5) is 0.450. The number of halogens is 2. The molecule has 5 heteroatoms. The van der Waals surface area contributed by atoms with Crippen molar-refractivity contribution >= 4 is 17.2 Å². The lowest BCUT2D eigenvalue weighted by atomic mass is 10.0. The van der Waals surface area contributed by atoms with Crippen LogP contribution in [0.5, 0.6) is 5.75 Å². The number of nitrogens with two attached hydrogens (primary N) is 1. The number of thiocarbonyl (C=S) groups is 1. The van der Waals surface area contributed by atoms with Crippen LogP contribution in [-0.4, -0.2) is 11.6 Å². The van der Waals surface area contributed by atoms with Gasteiger partial charge in [0.1, 0.15) is 5.82 Å². The molecular weight excluding hydrogens is 244 g/mol. The average Bonchev–Trinajstić information content (AvgIpc) is 2.96. The van der Waals surface area contributed by atoms with Gasteiger partial charge in [-0.3, -0.25) is 0 Å². The lowest BCUT2D eigenvalue weighted by Gasteiger charge is -2.15. The molecule has 0 atom stereocenters. The summed E-state index contributed by atoms with van der Waals surface area (Å²) >= 11 is 4.86. The summed E-state index contributed by atoms with van der Waals surface area (Å²) in [5.41, 5.74) is 5.45. The maximum absolute atomic E-state index is 13.3. The third-order valence-electron chi connectivity index (χ3n) is 2.93. The molecule has 1 aliphatic rings. The molecule has 1 saturated carbocycles. The van der Waals surface area contributed by atoms with Crippen LogP contribution in [0.1, 0.15) is 19.3 Å². The van der Waals surface area contributed by atoms with Gasteiger partial charge in [0.05, 0.1) is 11.6 Å². The van der Waals surface area contributed by atoms with E-state index >= 15 is 0 Å². The highest BCUT2D eigenvalue weighted by Crippen LogP contribution is 2.49. The number of rotatable bonds is 5. The minimum absolute atomic E-state index is 0.0351. The normalized spacial score (nSPS) is 16.6. The number of hydrogen-bond acceptors (Lipinski definition) is 2. The van der Waals surface area contributed by atoms with E-state index < -0.39 is 11.6 Å². The van der Waals surface area contributed by atoms with Crippen molar-refractivity contribution in [1.29, 1.82) is 0 Å². The minimum Gasteiger partial charge on any atom is -0.490 e. The second-order valence-electron chi connectivity index (χ2n) is 4.51. The fraction of sp³-hybridized carbons (Fsp3) is 0.417. The molecule has 2 rings (SSSR count). The zero-order valence-electron chi connectivity index (χ0n) is 9.21. The van der Waals surface area contributed by atoms with E-state index in [9.17, 15) is 8.78 Å². The van der Waals surface area contributed by atoms with Crippen LogP contribution in [0.4, 0.5) is 8.78 Å². The largest absolute Gasteiger partial charge is 0.490 e. The molecule has 1 aromatic carbocycles. The molecule has 92 valence electrons. The molecule has 0 bridgehead atoms. The molecule has 1 aromatic rings. The molecule has 1 fully saturated rings. The van der Waals surface area contributed by atoms with Crippen molar-refractivity contribution in [3.63, 3.8) is 0 Å². The topological polar surface area (TPSA) is 35.2 Å². The van der Waals surface area contributed by atoms with Gasteiger partial charge < -0.3 is 10.5 Å². The fourth-order valence-corrected chi connectivity index (χ4v) is 2.05. The van der Waals surface area contributed by atoms with Crippen molar-refractivity contribution in [3.8, 4) is 5.75 Å². The van der Waals surface area contributed by atoms with Crippen molar-refractivity contribution in [2.24, 2.45) is 11.1 Å². The second kappa shape index (κ2) is 4.56. The zero-order chi connectivity index (χ0) is 12.5. The van der Waals surface area contributed by atoms with Crippen LogP contribution in [0, 0.1) is 17.0 Å². The molecular formula is C12H13F2NOS. The van der Waals surface area contributed by atoms with Crippen molar-refractivity contribution in [2.75, 3.05) is 6.61 Å². The Morgan fingerprint density at radius 3 is 2.65 bits per heavy atom. The molecule has 0 saturated heterocycles. The van der Waals surface area contributed by atoms with Crippen molar-refractivity contribution in [3.05, 3.63) is 29.8 Å². The summed E-state index contributed by atoms with van der Waals surface area (Å²) in [6.07, 6.45) is 2.57.